The summed E-state index contributed by atoms with van der Waals surface area (Å²) in [7, 11) is 0. The standard InChI is InChI=1S/C20H23N3O3/c1-4-22-13(2)11-17(14(22)3)20(26)21-16-7-5-15(6-8-16)12-23-18(24)9-10-19(23)25/h5-8,11H,4,9-10,12H2,1-3H3,(H,21,26). The summed E-state index contributed by atoms with van der Waals surface area (Å²) >= 11 is 0. The Hall–Kier alpha value is -2.89. The van der Waals surface area contributed by atoms with Gasteiger partial charge in [-0.3, -0.25) is 19.3 Å². The van der Waals surface area contributed by atoms with Gasteiger partial charge in [-0.05, 0) is 44.5 Å². The lowest BCUT2D eigenvalue weighted by molar-refractivity contribution is -0.139. The number of rotatable bonds is 5. The molecule has 1 saturated heterocycles. The average Bonchev–Trinajstić information content (AvgIpc) is 3.09. The molecule has 1 fully saturated rings. The lowest BCUT2D eigenvalue weighted by atomic mass is 10.1. The predicted molar refractivity (Wildman–Crippen MR) is 98.8 cm³/mol. The number of nitrogens with one attached hydrogen (secondary N) is 1. The second kappa shape index (κ2) is 7.15. The van der Waals surface area contributed by atoms with Gasteiger partial charge in [0.05, 0.1) is 12.1 Å². The van der Waals surface area contributed by atoms with Crippen LogP contribution in [0.25, 0.3) is 0 Å². The highest BCUT2D eigenvalue weighted by atomic mass is 16.2. The number of amides is 3. The number of hydrogen-bond acceptors (Lipinski definition) is 3. The zero-order valence-corrected chi connectivity index (χ0v) is 15.3. The maximum atomic E-state index is 12.5. The van der Waals surface area contributed by atoms with Crippen LogP contribution in [0.3, 0.4) is 0 Å². The predicted octanol–water partition coefficient (Wildman–Crippen LogP) is 3.03. The molecule has 3 amide bonds. The molecule has 2 heterocycles. The van der Waals surface area contributed by atoms with Gasteiger partial charge in [0.25, 0.3) is 5.91 Å². The molecule has 0 bridgehead atoms. The molecule has 2 aromatic rings. The lowest BCUT2D eigenvalue weighted by Gasteiger charge is -2.14. The van der Waals surface area contributed by atoms with Crippen molar-refractivity contribution in [1.29, 1.82) is 0 Å². The number of aryl methyl sites for hydroxylation is 1. The third-order valence-corrected chi connectivity index (χ3v) is 4.84. The zero-order chi connectivity index (χ0) is 18.8. The molecular weight excluding hydrogens is 330 g/mol. The first-order valence-electron chi connectivity index (χ1n) is 8.81. The van der Waals surface area contributed by atoms with Crippen molar-refractivity contribution >= 4 is 23.4 Å². The molecule has 1 aromatic heterocycles. The first-order valence-corrected chi connectivity index (χ1v) is 8.81. The van der Waals surface area contributed by atoms with Gasteiger partial charge in [0.15, 0.2) is 0 Å². The van der Waals surface area contributed by atoms with Crippen molar-refractivity contribution in [3.05, 3.63) is 52.8 Å². The Kier molecular flexibility index (Phi) is 4.93. The van der Waals surface area contributed by atoms with Crippen molar-refractivity contribution in [3.8, 4) is 0 Å². The van der Waals surface area contributed by atoms with Gasteiger partial charge in [-0.25, -0.2) is 0 Å². The molecule has 3 rings (SSSR count). The molecule has 1 aliphatic rings. The Balaban J connectivity index is 1.68. The Labute approximate surface area is 152 Å². The molecule has 0 unspecified atom stereocenters. The smallest absolute Gasteiger partial charge is 0.257 e. The van der Waals surface area contributed by atoms with Crippen LogP contribution >= 0.6 is 0 Å². The van der Waals surface area contributed by atoms with E-state index in [1.165, 1.54) is 4.90 Å². The molecule has 0 radical (unpaired) electrons. The van der Waals surface area contributed by atoms with E-state index in [1.54, 1.807) is 12.1 Å². The van der Waals surface area contributed by atoms with Gasteiger partial charge < -0.3 is 9.88 Å². The second-order valence-corrected chi connectivity index (χ2v) is 6.55. The van der Waals surface area contributed by atoms with Gasteiger partial charge in [-0.15, -0.1) is 0 Å². The summed E-state index contributed by atoms with van der Waals surface area (Å²) in [6.07, 6.45) is 0.590. The highest BCUT2D eigenvalue weighted by Crippen LogP contribution is 2.19. The van der Waals surface area contributed by atoms with E-state index in [0.717, 1.165) is 23.5 Å². The van der Waals surface area contributed by atoms with Gasteiger partial charge in [-0.1, -0.05) is 12.1 Å². The molecule has 26 heavy (non-hydrogen) atoms. The maximum absolute atomic E-state index is 12.5. The van der Waals surface area contributed by atoms with Gasteiger partial charge in [0, 0.05) is 36.5 Å². The number of anilines is 1. The van der Waals surface area contributed by atoms with E-state index in [1.807, 2.05) is 32.0 Å². The normalized spacial score (nSPS) is 14.2. The van der Waals surface area contributed by atoms with E-state index in [2.05, 4.69) is 16.8 Å². The van der Waals surface area contributed by atoms with E-state index in [4.69, 9.17) is 0 Å². The summed E-state index contributed by atoms with van der Waals surface area (Å²) in [6, 6.07) is 9.12. The van der Waals surface area contributed by atoms with Crippen molar-refractivity contribution < 1.29 is 14.4 Å². The maximum Gasteiger partial charge on any atom is 0.257 e. The molecule has 1 N–H and O–H groups in total. The van der Waals surface area contributed by atoms with E-state index in [9.17, 15) is 14.4 Å². The van der Waals surface area contributed by atoms with Crippen LogP contribution in [0.15, 0.2) is 30.3 Å². The molecule has 6 heteroatoms. The fourth-order valence-corrected chi connectivity index (χ4v) is 3.39. The second-order valence-electron chi connectivity index (χ2n) is 6.55. The monoisotopic (exact) mass is 353 g/mol. The van der Waals surface area contributed by atoms with E-state index in [-0.39, 0.29) is 24.3 Å². The molecule has 1 aliphatic heterocycles. The van der Waals surface area contributed by atoms with Crippen LogP contribution in [-0.2, 0) is 22.7 Å². The van der Waals surface area contributed by atoms with Crippen LogP contribution in [-0.4, -0.2) is 27.2 Å². The highest BCUT2D eigenvalue weighted by molar-refractivity contribution is 6.05. The number of likely N-dealkylation sites (tertiary alicyclic amines) is 1. The summed E-state index contributed by atoms with van der Waals surface area (Å²) in [5, 5.41) is 2.90. The molecule has 0 aliphatic carbocycles. The van der Waals surface area contributed by atoms with Gasteiger partial charge in [-0.2, -0.15) is 0 Å². The molecule has 136 valence electrons. The molecule has 0 saturated carbocycles. The third kappa shape index (κ3) is 3.40. The topological polar surface area (TPSA) is 71.4 Å². The molecular formula is C20H23N3O3. The first-order chi connectivity index (χ1) is 12.4. The Morgan fingerprint density at radius 1 is 1.08 bits per heavy atom. The summed E-state index contributed by atoms with van der Waals surface area (Å²) in [5.74, 6) is -0.396. The molecule has 0 atom stereocenters. The van der Waals surface area contributed by atoms with Crippen LogP contribution in [0, 0.1) is 13.8 Å². The highest BCUT2D eigenvalue weighted by Gasteiger charge is 2.28. The van der Waals surface area contributed by atoms with Gasteiger partial charge in [0.1, 0.15) is 0 Å². The largest absolute Gasteiger partial charge is 0.349 e. The van der Waals surface area contributed by atoms with Gasteiger partial charge in [0.2, 0.25) is 11.8 Å². The van der Waals surface area contributed by atoms with Gasteiger partial charge >= 0.3 is 0 Å². The van der Waals surface area contributed by atoms with E-state index < -0.39 is 0 Å². The summed E-state index contributed by atoms with van der Waals surface area (Å²) < 4.78 is 2.10. The number of nitrogens with zero attached hydrogens (tertiary/aromatic N) is 2. The Morgan fingerprint density at radius 2 is 1.69 bits per heavy atom. The minimum Gasteiger partial charge on any atom is -0.349 e. The number of aromatic nitrogens is 1. The van der Waals surface area contributed by atoms with Crippen LogP contribution in [0.4, 0.5) is 5.69 Å². The fraction of sp³-hybridized carbons (Fsp3) is 0.350. The number of imide groups is 1. The summed E-state index contributed by atoms with van der Waals surface area (Å²) in [5.41, 5.74) is 4.21. The SMILES string of the molecule is CCn1c(C)cc(C(=O)Nc2ccc(CN3C(=O)CCC3=O)cc2)c1C. The summed E-state index contributed by atoms with van der Waals surface area (Å²) in [6.45, 7) is 7.09. The fourth-order valence-electron chi connectivity index (χ4n) is 3.39. The molecule has 1 aromatic carbocycles. The minimum atomic E-state index is -0.143. The van der Waals surface area contributed by atoms with E-state index in [0.29, 0.717) is 24.1 Å². The first kappa shape index (κ1) is 17.9. The van der Waals surface area contributed by atoms with Crippen LogP contribution in [0.5, 0.6) is 0 Å². The Morgan fingerprint density at radius 3 is 2.23 bits per heavy atom. The summed E-state index contributed by atoms with van der Waals surface area (Å²) in [4.78, 5) is 37.2. The van der Waals surface area contributed by atoms with Crippen molar-refractivity contribution in [2.75, 3.05) is 5.32 Å². The quantitative estimate of drug-likeness (QED) is 0.840. The molecule has 0 spiro atoms. The minimum absolute atomic E-state index is 0.126. The van der Waals surface area contributed by atoms with Crippen LogP contribution in [0.1, 0.15) is 47.1 Å². The van der Waals surface area contributed by atoms with Crippen LogP contribution in [0.2, 0.25) is 0 Å². The van der Waals surface area contributed by atoms with Crippen molar-refractivity contribution in [2.45, 2.75) is 46.7 Å². The zero-order valence-electron chi connectivity index (χ0n) is 15.3. The van der Waals surface area contributed by atoms with E-state index >= 15 is 0 Å². The number of carbonyl (C=O) groups is 3. The average molecular weight is 353 g/mol. The lowest BCUT2D eigenvalue weighted by Crippen LogP contribution is -2.28. The van der Waals surface area contributed by atoms with Crippen molar-refractivity contribution in [1.82, 2.24) is 9.47 Å². The number of hydrogen-bond donors (Lipinski definition) is 1. The third-order valence-electron chi connectivity index (χ3n) is 4.84. The van der Waals surface area contributed by atoms with Crippen molar-refractivity contribution in [2.24, 2.45) is 0 Å². The van der Waals surface area contributed by atoms with Crippen LogP contribution < -0.4 is 5.32 Å². The number of carbonyl (C=O) groups excluding carboxylic acids is 3. The molecule has 6 nitrogen and oxygen atoms in total. The Bertz CT molecular complexity index is 849. The van der Waals surface area contributed by atoms with Crippen molar-refractivity contribution in [3.63, 3.8) is 0 Å². The number of benzene rings is 1.